The van der Waals surface area contributed by atoms with Gasteiger partial charge in [-0.25, -0.2) is 0 Å². The summed E-state index contributed by atoms with van der Waals surface area (Å²) < 4.78 is 0. The minimum atomic E-state index is 0.250. The van der Waals surface area contributed by atoms with Gasteiger partial charge in [0.1, 0.15) is 0 Å². The maximum Gasteiger partial charge on any atom is 0.373 e. The van der Waals surface area contributed by atoms with Crippen LogP contribution in [0.25, 0.3) is 0 Å². The zero-order chi connectivity index (χ0) is 8.53. The summed E-state index contributed by atoms with van der Waals surface area (Å²) in [5.74, 6) is 0. The Morgan fingerprint density at radius 2 is 2.09 bits per heavy atom. The highest BCUT2D eigenvalue weighted by atomic mass is 16.2. The topological polar surface area (TPSA) is 47.0 Å². The Morgan fingerprint density at radius 1 is 1.45 bits per heavy atom. The number of aryl methyl sites for hydroxylation is 1. The molecule has 0 spiro atoms. The predicted molar refractivity (Wildman–Crippen MR) is 38.6 cm³/mol. The summed E-state index contributed by atoms with van der Waals surface area (Å²) in [5.41, 5.74) is 1.16. The van der Waals surface area contributed by atoms with Crippen molar-refractivity contribution in [2.45, 2.75) is 13.3 Å². The fourth-order valence-electron chi connectivity index (χ4n) is 0.607. The molecule has 0 fully saturated rings. The van der Waals surface area contributed by atoms with Gasteiger partial charge in [-0.3, -0.25) is 4.98 Å². The first-order valence-corrected chi connectivity index (χ1v) is 3.24. The third kappa shape index (κ3) is 5.00. The van der Waals surface area contributed by atoms with E-state index >= 15 is 0 Å². The summed E-state index contributed by atoms with van der Waals surface area (Å²) in [6.07, 6.45) is 3.10. The molecule has 3 heteroatoms. The number of hydrogen-bond acceptors (Lipinski definition) is 3. The van der Waals surface area contributed by atoms with Crippen LogP contribution in [0.1, 0.15) is 12.6 Å². The SMILES string of the molecule is CCc1ccccn1.O=C=O. The molecule has 11 heavy (non-hydrogen) atoms. The van der Waals surface area contributed by atoms with E-state index in [1.54, 1.807) is 0 Å². The number of nitrogens with zero attached hydrogens (tertiary/aromatic N) is 1. The fraction of sp³-hybridized carbons (Fsp3) is 0.250. The molecule has 0 amide bonds. The monoisotopic (exact) mass is 151 g/mol. The molecule has 1 aromatic rings. The van der Waals surface area contributed by atoms with Gasteiger partial charge in [0.25, 0.3) is 0 Å². The minimum absolute atomic E-state index is 0.250. The Hall–Kier alpha value is -1.47. The zero-order valence-corrected chi connectivity index (χ0v) is 6.28. The van der Waals surface area contributed by atoms with E-state index in [1.807, 2.05) is 24.4 Å². The second-order valence-electron chi connectivity index (χ2n) is 1.76. The van der Waals surface area contributed by atoms with Gasteiger partial charge in [0.05, 0.1) is 0 Å². The number of pyridine rings is 1. The van der Waals surface area contributed by atoms with Crippen LogP contribution in [0.3, 0.4) is 0 Å². The average Bonchev–Trinajstić information content (AvgIpc) is 2.08. The number of carbonyl (C=O) groups excluding carboxylic acids is 2. The Kier molecular flexibility index (Phi) is 5.76. The van der Waals surface area contributed by atoms with Crippen LogP contribution in [0, 0.1) is 0 Å². The van der Waals surface area contributed by atoms with E-state index in [9.17, 15) is 0 Å². The van der Waals surface area contributed by atoms with E-state index in [0.717, 1.165) is 12.1 Å². The maximum absolute atomic E-state index is 8.12. The zero-order valence-electron chi connectivity index (χ0n) is 6.28. The fourth-order valence-corrected chi connectivity index (χ4v) is 0.607. The van der Waals surface area contributed by atoms with Gasteiger partial charge in [0.2, 0.25) is 0 Å². The van der Waals surface area contributed by atoms with Crippen LogP contribution in [0.15, 0.2) is 24.4 Å². The Morgan fingerprint density at radius 3 is 2.36 bits per heavy atom. The molecule has 0 aliphatic carbocycles. The van der Waals surface area contributed by atoms with E-state index in [-0.39, 0.29) is 6.15 Å². The summed E-state index contributed by atoms with van der Waals surface area (Å²) in [5, 5.41) is 0. The quantitative estimate of drug-likeness (QED) is 0.603. The standard InChI is InChI=1S/C7H9N.CO2/c1-2-7-5-3-4-6-8-7;2-1-3/h3-6H,2H2,1H3;. The van der Waals surface area contributed by atoms with Gasteiger partial charge >= 0.3 is 6.15 Å². The van der Waals surface area contributed by atoms with Gasteiger partial charge in [0, 0.05) is 11.9 Å². The van der Waals surface area contributed by atoms with Crippen molar-refractivity contribution in [3.05, 3.63) is 30.1 Å². The summed E-state index contributed by atoms with van der Waals surface area (Å²) in [6, 6.07) is 5.96. The molecule has 0 atom stereocenters. The Labute approximate surface area is 65.1 Å². The van der Waals surface area contributed by atoms with E-state index in [4.69, 9.17) is 9.59 Å². The van der Waals surface area contributed by atoms with E-state index in [2.05, 4.69) is 11.9 Å². The van der Waals surface area contributed by atoms with E-state index in [1.165, 1.54) is 0 Å². The second-order valence-corrected chi connectivity index (χ2v) is 1.76. The first-order chi connectivity index (χ1) is 5.35. The molecule has 0 aliphatic heterocycles. The molecule has 0 saturated heterocycles. The third-order valence-electron chi connectivity index (χ3n) is 1.09. The summed E-state index contributed by atoms with van der Waals surface area (Å²) in [6.45, 7) is 2.10. The Balaban J connectivity index is 0.000000292. The average molecular weight is 151 g/mol. The third-order valence-corrected chi connectivity index (χ3v) is 1.09. The minimum Gasteiger partial charge on any atom is -0.261 e. The van der Waals surface area contributed by atoms with Crippen molar-refractivity contribution in [1.82, 2.24) is 4.98 Å². The normalized spacial score (nSPS) is 7.36. The van der Waals surface area contributed by atoms with Crippen LogP contribution < -0.4 is 0 Å². The van der Waals surface area contributed by atoms with Crippen LogP contribution in [0.4, 0.5) is 0 Å². The highest BCUT2D eigenvalue weighted by Gasteiger charge is 1.81. The molecule has 3 nitrogen and oxygen atoms in total. The molecule has 0 bridgehead atoms. The van der Waals surface area contributed by atoms with Gasteiger partial charge < -0.3 is 0 Å². The molecule has 0 aliphatic rings. The van der Waals surface area contributed by atoms with Crippen molar-refractivity contribution in [3.63, 3.8) is 0 Å². The molecule has 1 heterocycles. The highest BCUT2D eigenvalue weighted by Crippen LogP contribution is 1.91. The predicted octanol–water partition coefficient (Wildman–Crippen LogP) is 1.06. The lowest BCUT2D eigenvalue weighted by atomic mass is 10.3. The molecule has 0 unspecified atom stereocenters. The van der Waals surface area contributed by atoms with E-state index < -0.39 is 0 Å². The maximum atomic E-state index is 8.12. The van der Waals surface area contributed by atoms with Gasteiger partial charge in [-0.15, -0.1) is 0 Å². The summed E-state index contributed by atoms with van der Waals surface area (Å²) in [7, 11) is 0. The van der Waals surface area contributed by atoms with Crippen LogP contribution in [0.5, 0.6) is 0 Å². The molecule has 0 N–H and O–H groups in total. The van der Waals surface area contributed by atoms with Crippen molar-refractivity contribution < 1.29 is 9.59 Å². The van der Waals surface area contributed by atoms with Gasteiger partial charge in [-0.05, 0) is 18.6 Å². The first kappa shape index (κ1) is 9.53. The van der Waals surface area contributed by atoms with Crippen molar-refractivity contribution in [3.8, 4) is 0 Å². The van der Waals surface area contributed by atoms with Gasteiger partial charge in [-0.2, -0.15) is 9.59 Å². The molecule has 0 aromatic carbocycles. The van der Waals surface area contributed by atoms with Gasteiger partial charge in [-0.1, -0.05) is 13.0 Å². The first-order valence-electron chi connectivity index (χ1n) is 3.24. The van der Waals surface area contributed by atoms with Crippen LogP contribution in [-0.2, 0) is 16.0 Å². The van der Waals surface area contributed by atoms with E-state index in [0.29, 0.717) is 0 Å². The lowest BCUT2D eigenvalue weighted by Gasteiger charge is -1.88. The summed E-state index contributed by atoms with van der Waals surface area (Å²) in [4.78, 5) is 20.3. The van der Waals surface area contributed by atoms with Crippen LogP contribution in [0.2, 0.25) is 0 Å². The number of aromatic nitrogens is 1. The van der Waals surface area contributed by atoms with Crippen LogP contribution >= 0.6 is 0 Å². The number of hydrogen-bond donors (Lipinski definition) is 0. The van der Waals surface area contributed by atoms with Gasteiger partial charge in [0.15, 0.2) is 0 Å². The van der Waals surface area contributed by atoms with Crippen molar-refractivity contribution in [2.75, 3.05) is 0 Å². The van der Waals surface area contributed by atoms with Crippen molar-refractivity contribution in [2.24, 2.45) is 0 Å². The second kappa shape index (κ2) is 6.65. The lowest BCUT2D eigenvalue weighted by Crippen LogP contribution is -1.81. The molecule has 0 radical (unpaired) electrons. The lowest BCUT2D eigenvalue weighted by molar-refractivity contribution is -0.191. The molecule has 58 valence electrons. The van der Waals surface area contributed by atoms with Crippen LogP contribution in [-0.4, -0.2) is 11.1 Å². The highest BCUT2D eigenvalue weighted by molar-refractivity contribution is 5.20. The summed E-state index contributed by atoms with van der Waals surface area (Å²) >= 11 is 0. The largest absolute Gasteiger partial charge is 0.373 e. The molecule has 1 aromatic heterocycles. The van der Waals surface area contributed by atoms with Crippen molar-refractivity contribution in [1.29, 1.82) is 0 Å². The molecule has 1 rings (SSSR count). The van der Waals surface area contributed by atoms with Crippen molar-refractivity contribution >= 4 is 6.15 Å². The Bertz CT molecular complexity index is 215. The molecule has 0 saturated carbocycles. The number of rotatable bonds is 1. The molecular formula is C8H9NO2. The smallest absolute Gasteiger partial charge is 0.261 e. The molecular weight excluding hydrogens is 142 g/mol.